The van der Waals surface area contributed by atoms with Gasteiger partial charge in [0.1, 0.15) is 11.6 Å². The number of rotatable bonds is 8. The van der Waals surface area contributed by atoms with Crippen LogP contribution < -0.4 is 10.6 Å². The molecule has 0 aliphatic heterocycles. The fourth-order valence-corrected chi connectivity index (χ4v) is 2.67. The van der Waals surface area contributed by atoms with Crippen LogP contribution in [0.25, 0.3) is 0 Å². The van der Waals surface area contributed by atoms with Gasteiger partial charge < -0.3 is 10.6 Å². The highest BCUT2D eigenvalue weighted by molar-refractivity contribution is 5.94. The zero-order valence-corrected chi connectivity index (χ0v) is 15.0. The third-order valence-corrected chi connectivity index (χ3v) is 4.18. The molecule has 0 saturated carbocycles. The van der Waals surface area contributed by atoms with Gasteiger partial charge in [-0.3, -0.25) is 4.79 Å². The monoisotopic (exact) mass is 363 g/mol. The predicted molar refractivity (Wildman–Crippen MR) is 105 cm³/mol. The molecule has 0 aliphatic rings. The summed E-state index contributed by atoms with van der Waals surface area (Å²) in [7, 11) is 0. The number of halogens is 1. The number of carbonyl (C=O) groups is 1. The summed E-state index contributed by atoms with van der Waals surface area (Å²) >= 11 is 0. The van der Waals surface area contributed by atoms with Crippen LogP contribution in [-0.4, -0.2) is 17.4 Å². The van der Waals surface area contributed by atoms with Crippen molar-refractivity contribution in [1.29, 1.82) is 0 Å². The Labute approximate surface area is 158 Å². The van der Waals surface area contributed by atoms with E-state index < -0.39 is 0 Å². The Kier molecular flexibility index (Phi) is 6.52. The van der Waals surface area contributed by atoms with Crippen LogP contribution >= 0.6 is 0 Å². The Morgan fingerprint density at radius 3 is 2.41 bits per heavy atom. The van der Waals surface area contributed by atoms with E-state index in [1.54, 1.807) is 30.5 Å². The molecule has 0 atom stereocenters. The predicted octanol–water partition coefficient (Wildman–Crippen LogP) is 4.20. The Morgan fingerprint density at radius 1 is 0.926 bits per heavy atom. The molecule has 0 unspecified atom stereocenters. The molecule has 138 valence electrons. The fraction of sp³-hybridized carbons (Fsp3) is 0.182. The number of amides is 1. The minimum absolute atomic E-state index is 0.124. The molecule has 1 amide bonds. The molecule has 0 fully saturated rings. The SMILES string of the molecule is O=C(NCCCc1ccccc1)c1ccc(NCc2ccc(F)cc2)nc1. The molecule has 0 bridgehead atoms. The van der Waals surface area contributed by atoms with Gasteiger partial charge in [0, 0.05) is 19.3 Å². The van der Waals surface area contributed by atoms with Gasteiger partial charge in [-0.2, -0.15) is 0 Å². The lowest BCUT2D eigenvalue weighted by atomic mass is 10.1. The smallest absolute Gasteiger partial charge is 0.252 e. The molecule has 0 aliphatic carbocycles. The van der Waals surface area contributed by atoms with Crippen molar-refractivity contribution in [2.24, 2.45) is 0 Å². The number of benzene rings is 2. The number of carbonyl (C=O) groups excluding carboxylic acids is 1. The van der Waals surface area contributed by atoms with Crippen LogP contribution in [-0.2, 0) is 13.0 Å². The van der Waals surface area contributed by atoms with Gasteiger partial charge in [-0.15, -0.1) is 0 Å². The molecular formula is C22H22FN3O. The Hall–Kier alpha value is -3.21. The van der Waals surface area contributed by atoms with Gasteiger partial charge in [0.05, 0.1) is 5.56 Å². The first-order valence-electron chi connectivity index (χ1n) is 8.97. The van der Waals surface area contributed by atoms with Crippen LogP contribution in [0.3, 0.4) is 0 Å². The Bertz CT molecular complexity index is 849. The number of nitrogens with one attached hydrogen (secondary N) is 2. The van der Waals surface area contributed by atoms with Crippen LogP contribution in [0, 0.1) is 5.82 Å². The largest absolute Gasteiger partial charge is 0.366 e. The Balaban J connectivity index is 1.42. The van der Waals surface area contributed by atoms with Gasteiger partial charge in [-0.1, -0.05) is 42.5 Å². The summed E-state index contributed by atoms with van der Waals surface area (Å²) in [4.78, 5) is 16.4. The molecule has 27 heavy (non-hydrogen) atoms. The summed E-state index contributed by atoms with van der Waals surface area (Å²) in [6.45, 7) is 1.16. The average Bonchev–Trinajstić information content (AvgIpc) is 2.72. The van der Waals surface area contributed by atoms with E-state index in [4.69, 9.17) is 0 Å². The molecule has 2 N–H and O–H groups in total. The van der Waals surface area contributed by atoms with Crippen molar-refractivity contribution in [3.8, 4) is 0 Å². The molecule has 0 radical (unpaired) electrons. The highest BCUT2D eigenvalue weighted by Crippen LogP contribution is 2.09. The van der Waals surface area contributed by atoms with Gasteiger partial charge in [0.2, 0.25) is 0 Å². The number of aromatic nitrogens is 1. The number of hydrogen-bond donors (Lipinski definition) is 2. The van der Waals surface area contributed by atoms with E-state index in [0.29, 0.717) is 24.5 Å². The molecule has 1 heterocycles. The Morgan fingerprint density at radius 2 is 1.70 bits per heavy atom. The fourth-order valence-electron chi connectivity index (χ4n) is 2.67. The quantitative estimate of drug-likeness (QED) is 0.590. The summed E-state index contributed by atoms with van der Waals surface area (Å²) < 4.78 is 12.9. The van der Waals surface area contributed by atoms with Crippen molar-refractivity contribution in [2.75, 3.05) is 11.9 Å². The lowest BCUT2D eigenvalue weighted by molar-refractivity contribution is 0.0953. The number of aryl methyl sites for hydroxylation is 1. The molecule has 0 spiro atoms. The van der Waals surface area contributed by atoms with Crippen LogP contribution in [0.15, 0.2) is 72.9 Å². The summed E-state index contributed by atoms with van der Waals surface area (Å²) in [5, 5.41) is 6.07. The van der Waals surface area contributed by atoms with E-state index in [-0.39, 0.29) is 11.7 Å². The average molecular weight is 363 g/mol. The van der Waals surface area contributed by atoms with Gasteiger partial charge in [0.15, 0.2) is 0 Å². The minimum atomic E-state index is -0.254. The minimum Gasteiger partial charge on any atom is -0.366 e. The number of hydrogen-bond acceptors (Lipinski definition) is 3. The van der Waals surface area contributed by atoms with Gasteiger partial charge in [0.25, 0.3) is 5.91 Å². The maximum absolute atomic E-state index is 12.9. The highest BCUT2D eigenvalue weighted by atomic mass is 19.1. The first-order valence-corrected chi connectivity index (χ1v) is 8.97. The summed E-state index contributed by atoms with van der Waals surface area (Å²) in [5.74, 6) is 0.289. The number of pyridine rings is 1. The zero-order valence-electron chi connectivity index (χ0n) is 15.0. The molecule has 1 aromatic heterocycles. The first-order chi connectivity index (χ1) is 13.2. The van der Waals surface area contributed by atoms with E-state index in [1.807, 2.05) is 18.2 Å². The molecule has 3 rings (SSSR count). The summed E-state index contributed by atoms with van der Waals surface area (Å²) in [6, 6.07) is 20.0. The van der Waals surface area contributed by atoms with E-state index in [0.717, 1.165) is 18.4 Å². The van der Waals surface area contributed by atoms with Crippen LogP contribution in [0.5, 0.6) is 0 Å². The molecule has 4 nitrogen and oxygen atoms in total. The van der Waals surface area contributed by atoms with Crippen molar-refractivity contribution in [1.82, 2.24) is 10.3 Å². The molecule has 0 saturated heterocycles. The summed E-state index contributed by atoms with van der Waals surface area (Å²) in [6.07, 6.45) is 3.38. The van der Waals surface area contributed by atoms with Gasteiger partial charge in [-0.25, -0.2) is 9.37 Å². The molecular weight excluding hydrogens is 341 g/mol. The van der Waals surface area contributed by atoms with E-state index in [1.165, 1.54) is 17.7 Å². The first kappa shape index (κ1) is 18.6. The van der Waals surface area contributed by atoms with Crippen molar-refractivity contribution >= 4 is 11.7 Å². The third-order valence-electron chi connectivity index (χ3n) is 4.18. The maximum atomic E-state index is 12.9. The molecule has 2 aromatic carbocycles. The zero-order chi connectivity index (χ0) is 18.9. The molecule has 5 heteroatoms. The third kappa shape index (κ3) is 5.92. The van der Waals surface area contributed by atoms with Crippen molar-refractivity contribution in [2.45, 2.75) is 19.4 Å². The highest BCUT2D eigenvalue weighted by Gasteiger charge is 2.05. The van der Waals surface area contributed by atoms with E-state index in [2.05, 4.69) is 27.8 Å². The van der Waals surface area contributed by atoms with Gasteiger partial charge >= 0.3 is 0 Å². The number of anilines is 1. The normalized spacial score (nSPS) is 10.4. The van der Waals surface area contributed by atoms with Crippen LogP contribution in [0.4, 0.5) is 10.2 Å². The summed E-state index contributed by atoms with van der Waals surface area (Å²) in [5.41, 5.74) is 2.76. The lowest BCUT2D eigenvalue weighted by Gasteiger charge is -2.08. The maximum Gasteiger partial charge on any atom is 0.252 e. The molecule has 3 aromatic rings. The second-order valence-corrected chi connectivity index (χ2v) is 6.26. The van der Waals surface area contributed by atoms with Crippen molar-refractivity contribution < 1.29 is 9.18 Å². The van der Waals surface area contributed by atoms with Crippen LogP contribution in [0.2, 0.25) is 0 Å². The lowest BCUT2D eigenvalue weighted by Crippen LogP contribution is -2.24. The van der Waals surface area contributed by atoms with Gasteiger partial charge in [-0.05, 0) is 48.2 Å². The van der Waals surface area contributed by atoms with Crippen molar-refractivity contribution in [3.05, 3.63) is 95.4 Å². The van der Waals surface area contributed by atoms with E-state index in [9.17, 15) is 9.18 Å². The standard InChI is InChI=1S/C22H22FN3O/c23-20-11-8-18(9-12-20)15-25-21-13-10-19(16-26-21)22(27)24-14-4-7-17-5-2-1-3-6-17/h1-3,5-6,8-13,16H,4,7,14-15H2,(H,24,27)(H,25,26). The van der Waals surface area contributed by atoms with Crippen LogP contribution in [0.1, 0.15) is 27.9 Å². The van der Waals surface area contributed by atoms with Crippen molar-refractivity contribution in [3.63, 3.8) is 0 Å². The second-order valence-electron chi connectivity index (χ2n) is 6.26. The topological polar surface area (TPSA) is 54.0 Å². The second kappa shape index (κ2) is 9.48. The van der Waals surface area contributed by atoms with E-state index >= 15 is 0 Å². The number of nitrogens with zero attached hydrogens (tertiary/aromatic N) is 1.